The van der Waals surface area contributed by atoms with Gasteiger partial charge in [-0.1, -0.05) is 36.4 Å². The van der Waals surface area contributed by atoms with Gasteiger partial charge in [-0.25, -0.2) is 4.98 Å². The Hall–Kier alpha value is -1.91. The van der Waals surface area contributed by atoms with Crippen LogP contribution in [0.5, 0.6) is 0 Å². The Kier molecular flexibility index (Phi) is 3.95. The normalized spacial score (nSPS) is 19.9. The highest BCUT2D eigenvalue weighted by molar-refractivity contribution is 5.30. The summed E-state index contributed by atoms with van der Waals surface area (Å²) >= 11 is 0. The minimum absolute atomic E-state index is 0.0839. The molecule has 2 aromatic rings. The third-order valence-corrected chi connectivity index (χ3v) is 3.58. The van der Waals surface area contributed by atoms with Crippen LogP contribution in [-0.2, 0) is 11.3 Å². The van der Waals surface area contributed by atoms with Crippen molar-refractivity contribution in [3.63, 3.8) is 0 Å². The second-order valence-electron chi connectivity index (χ2n) is 5.10. The van der Waals surface area contributed by atoms with Crippen molar-refractivity contribution in [2.75, 3.05) is 25.4 Å². The molecular formula is C16H19N3O. The van der Waals surface area contributed by atoms with Gasteiger partial charge in [0.15, 0.2) is 0 Å². The van der Waals surface area contributed by atoms with E-state index in [4.69, 9.17) is 10.5 Å². The summed E-state index contributed by atoms with van der Waals surface area (Å²) < 4.78 is 5.85. The van der Waals surface area contributed by atoms with Gasteiger partial charge in [0.2, 0.25) is 0 Å². The fourth-order valence-electron chi connectivity index (χ4n) is 2.50. The van der Waals surface area contributed by atoms with Crippen molar-refractivity contribution in [2.45, 2.75) is 12.6 Å². The van der Waals surface area contributed by atoms with E-state index in [-0.39, 0.29) is 6.10 Å². The van der Waals surface area contributed by atoms with Gasteiger partial charge in [0.25, 0.3) is 0 Å². The number of aromatic nitrogens is 1. The zero-order valence-electron chi connectivity index (χ0n) is 11.4. The Morgan fingerprint density at radius 3 is 2.80 bits per heavy atom. The first-order chi connectivity index (χ1) is 9.81. The summed E-state index contributed by atoms with van der Waals surface area (Å²) in [5, 5.41) is 0. The monoisotopic (exact) mass is 269 g/mol. The van der Waals surface area contributed by atoms with E-state index in [0.29, 0.717) is 5.82 Å². The Morgan fingerprint density at radius 2 is 2.05 bits per heavy atom. The number of ether oxygens (including phenoxy) is 1. The topological polar surface area (TPSA) is 51.4 Å². The molecule has 2 heterocycles. The molecule has 2 N–H and O–H groups in total. The summed E-state index contributed by atoms with van der Waals surface area (Å²) in [7, 11) is 0. The van der Waals surface area contributed by atoms with Gasteiger partial charge in [-0.05, 0) is 11.6 Å². The highest BCUT2D eigenvalue weighted by atomic mass is 16.5. The lowest BCUT2D eigenvalue weighted by Crippen LogP contribution is -2.37. The Morgan fingerprint density at radius 1 is 1.20 bits per heavy atom. The number of morpholine rings is 1. The van der Waals surface area contributed by atoms with Crippen LogP contribution in [0.2, 0.25) is 0 Å². The molecule has 0 bridgehead atoms. The zero-order valence-corrected chi connectivity index (χ0v) is 11.4. The van der Waals surface area contributed by atoms with E-state index in [1.807, 2.05) is 24.4 Å². The molecule has 1 aliphatic heterocycles. The fraction of sp³-hybridized carbons (Fsp3) is 0.312. The third-order valence-electron chi connectivity index (χ3n) is 3.58. The van der Waals surface area contributed by atoms with E-state index in [1.165, 1.54) is 5.56 Å². The summed E-state index contributed by atoms with van der Waals surface area (Å²) in [5.41, 5.74) is 8.05. The Labute approximate surface area is 119 Å². The highest BCUT2D eigenvalue weighted by Gasteiger charge is 2.22. The molecule has 20 heavy (non-hydrogen) atoms. The maximum absolute atomic E-state index is 5.85. The second kappa shape index (κ2) is 6.03. The smallest absolute Gasteiger partial charge is 0.123 e. The number of nitrogen functional groups attached to an aromatic ring is 1. The molecule has 0 aliphatic carbocycles. The van der Waals surface area contributed by atoms with Crippen molar-refractivity contribution < 1.29 is 4.74 Å². The van der Waals surface area contributed by atoms with Gasteiger partial charge in [0.1, 0.15) is 5.82 Å². The molecule has 4 heteroatoms. The average Bonchev–Trinajstić information content (AvgIpc) is 2.49. The molecule has 3 rings (SSSR count). The molecule has 1 unspecified atom stereocenters. The van der Waals surface area contributed by atoms with Gasteiger partial charge in [-0.2, -0.15) is 0 Å². The molecular weight excluding hydrogens is 250 g/mol. The standard InChI is InChI=1S/C16H19N3O/c17-16-7-6-14(10-18-16)15-12-19(8-9-20-15)11-13-4-2-1-3-5-13/h1-7,10,15H,8-9,11-12H2,(H2,17,18). The van der Waals surface area contributed by atoms with Gasteiger partial charge >= 0.3 is 0 Å². The first-order valence-electron chi connectivity index (χ1n) is 6.90. The van der Waals surface area contributed by atoms with E-state index < -0.39 is 0 Å². The van der Waals surface area contributed by atoms with Crippen molar-refractivity contribution in [1.29, 1.82) is 0 Å². The number of hydrogen-bond donors (Lipinski definition) is 1. The number of nitrogens with zero attached hydrogens (tertiary/aromatic N) is 2. The summed E-state index contributed by atoms with van der Waals surface area (Å²) in [4.78, 5) is 6.56. The molecule has 0 amide bonds. The lowest BCUT2D eigenvalue weighted by molar-refractivity contribution is -0.0330. The third kappa shape index (κ3) is 3.15. The Bertz CT molecular complexity index is 541. The van der Waals surface area contributed by atoms with Gasteiger partial charge in [-0.3, -0.25) is 4.90 Å². The SMILES string of the molecule is Nc1ccc(C2CN(Cc3ccccc3)CCO2)cn1. The summed E-state index contributed by atoms with van der Waals surface area (Å²) in [5.74, 6) is 0.547. The lowest BCUT2D eigenvalue weighted by Gasteiger charge is -2.33. The first kappa shape index (κ1) is 13.1. The molecule has 0 saturated carbocycles. The molecule has 1 fully saturated rings. The molecule has 1 atom stereocenters. The predicted octanol–water partition coefficient (Wildman–Crippen LogP) is 2.24. The van der Waals surface area contributed by atoms with Gasteiger partial charge in [0.05, 0.1) is 12.7 Å². The zero-order chi connectivity index (χ0) is 13.8. The maximum Gasteiger partial charge on any atom is 0.123 e. The van der Waals surface area contributed by atoms with Crippen molar-refractivity contribution >= 4 is 5.82 Å². The summed E-state index contributed by atoms with van der Waals surface area (Å²) in [6.45, 7) is 3.57. The van der Waals surface area contributed by atoms with Crippen LogP contribution in [0.4, 0.5) is 5.82 Å². The van der Waals surface area contributed by atoms with Crippen LogP contribution >= 0.6 is 0 Å². The summed E-state index contributed by atoms with van der Waals surface area (Å²) in [6, 6.07) is 14.4. The molecule has 1 aromatic heterocycles. The molecule has 0 radical (unpaired) electrons. The number of hydrogen-bond acceptors (Lipinski definition) is 4. The molecule has 0 spiro atoms. The van der Waals surface area contributed by atoms with Crippen LogP contribution in [-0.4, -0.2) is 29.6 Å². The molecule has 1 aromatic carbocycles. The number of nitrogens with two attached hydrogens (primary N) is 1. The number of rotatable bonds is 3. The van der Waals surface area contributed by atoms with Crippen molar-refractivity contribution in [1.82, 2.24) is 9.88 Å². The average molecular weight is 269 g/mol. The first-order valence-corrected chi connectivity index (χ1v) is 6.90. The number of benzene rings is 1. The minimum atomic E-state index is 0.0839. The van der Waals surface area contributed by atoms with E-state index >= 15 is 0 Å². The number of anilines is 1. The second-order valence-corrected chi connectivity index (χ2v) is 5.10. The highest BCUT2D eigenvalue weighted by Crippen LogP contribution is 2.23. The van der Waals surface area contributed by atoms with Crippen molar-refractivity contribution in [2.24, 2.45) is 0 Å². The molecule has 1 aliphatic rings. The molecule has 1 saturated heterocycles. The van der Waals surface area contributed by atoms with Crippen LogP contribution in [0.25, 0.3) is 0 Å². The van der Waals surface area contributed by atoms with Crippen molar-refractivity contribution in [3.05, 3.63) is 59.8 Å². The van der Waals surface area contributed by atoms with Gasteiger partial charge in [0, 0.05) is 31.4 Å². The van der Waals surface area contributed by atoms with Crippen LogP contribution in [0.15, 0.2) is 48.7 Å². The quantitative estimate of drug-likeness (QED) is 0.928. The van der Waals surface area contributed by atoms with E-state index in [1.54, 1.807) is 0 Å². The fourth-order valence-corrected chi connectivity index (χ4v) is 2.50. The van der Waals surface area contributed by atoms with Crippen molar-refractivity contribution in [3.8, 4) is 0 Å². The molecule has 104 valence electrons. The van der Waals surface area contributed by atoms with Gasteiger partial charge in [-0.15, -0.1) is 0 Å². The van der Waals surface area contributed by atoms with Gasteiger partial charge < -0.3 is 10.5 Å². The lowest BCUT2D eigenvalue weighted by atomic mass is 10.1. The summed E-state index contributed by atoms with van der Waals surface area (Å²) in [6.07, 6.45) is 1.90. The van der Waals surface area contributed by atoms with E-state index in [2.05, 4.69) is 34.1 Å². The predicted molar refractivity (Wildman–Crippen MR) is 79.1 cm³/mol. The maximum atomic E-state index is 5.85. The van der Waals surface area contributed by atoms with E-state index in [0.717, 1.165) is 31.8 Å². The molecule has 4 nitrogen and oxygen atoms in total. The van der Waals surface area contributed by atoms with E-state index in [9.17, 15) is 0 Å². The largest absolute Gasteiger partial charge is 0.384 e. The number of pyridine rings is 1. The van der Waals surface area contributed by atoms with Crippen LogP contribution in [0, 0.1) is 0 Å². The van der Waals surface area contributed by atoms with Crippen LogP contribution in [0.1, 0.15) is 17.2 Å². The Balaban J connectivity index is 1.66. The minimum Gasteiger partial charge on any atom is -0.384 e. The van der Waals surface area contributed by atoms with Crippen LogP contribution < -0.4 is 5.73 Å². The van der Waals surface area contributed by atoms with Crippen LogP contribution in [0.3, 0.4) is 0 Å².